The molecule has 0 atom stereocenters. The summed E-state index contributed by atoms with van der Waals surface area (Å²) in [5, 5.41) is 6.24. The third-order valence-corrected chi connectivity index (χ3v) is 4.51. The maximum absolute atomic E-state index is 11.4. The first-order valence-corrected chi connectivity index (χ1v) is 7.83. The van der Waals surface area contributed by atoms with Crippen molar-refractivity contribution in [3.63, 3.8) is 0 Å². The van der Waals surface area contributed by atoms with Crippen LogP contribution in [0, 0.1) is 5.41 Å². The zero-order valence-corrected chi connectivity index (χ0v) is 12.5. The number of ether oxygens (including phenoxy) is 1. The van der Waals surface area contributed by atoms with Gasteiger partial charge in [-0.05, 0) is 25.2 Å². The van der Waals surface area contributed by atoms with Gasteiger partial charge in [0.1, 0.15) is 0 Å². The number of nitrogens with one attached hydrogen (secondary N) is 1. The Morgan fingerprint density at radius 2 is 2.26 bits per heavy atom. The van der Waals surface area contributed by atoms with Gasteiger partial charge in [-0.2, -0.15) is 0 Å². The highest BCUT2D eigenvalue weighted by Crippen LogP contribution is 2.37. The lowest BCUT2D eigenvalue weighted by Crippen LogP contribution is -2.22. The van der Waals surface area contributed by atoms with Crippen LogP contribution in [0.25, 0.3) is 0 Å². The summed E-state index contributed by atoms with van der Waals surface area (Å²) in [6.45, 7) is 5.54. The van der Waals surface area contributed by atoms with E-state index in [1.54, 1.807) is 11.3 Å². The van der Waals surface area contributed by atoms with E-state index >= 15 is 0 Å². The molecule has 0 saturated heterocycles. The third kappa shape index (κ3) is 4.20. The van der Waals surface area contributed by atoms with Gasteiger partial charge in [0, 0.05) is 11.9 Å². The Kier molecular flexibility index (Phi) is 4.80. The second kappa shape index (κ2) is 6.37. The van der Waals surface area contributed by atoms with Crippen LogP contribution in [0.5, 0.6) is 0 Å². The van der Waals surface area contributed by atoms with Crippen LogP contribution in [-0.2, 0) is 16.0 Å². The van der Waals surface area contributed by atoms with E-state index in [1.165, 1.54) is 25.7 Å². The standard InChI is InChI=1S/C14H22N2O2S/c1-3-18-12(17)8-11-9-19-13(16-11)15-10-14(2)6-4-5-7-14/h9H,3-8,10H2,1-2H3,(H,15,16). The van der Waals surface area contributed by atoms with Gasteiger partial charge in [-0.1, -0.05) is 19.8 Å². The minimum absolute atomic E-state index is 0.206. The molecular weight excluding hydrogens is 260 g/mol. The minimum Gasteiger partial charge on any atom is -0.466 e. The number of esters is 1. The molecule has 0 spiro atoms. The predicted octanol–water partition coefficient (Wildman–Crippen LogP) is 3.24. The number of anilines is 1. The smallest absolute Gasteiger partial charge is 0.311 e. The van der Waals surface area contributed by atoms with Crippen molar-refractivity contribution in [3.05, 3.63) is 11.1 Å². The van der Waals surface area contributed by atoms with Crippen LogP contribution in [0.3, 0.4) is 0 Å². The highest BCUT2D eigenvalue weighted by atomic mass is 32.1. The van der Waals surface area contributed by atoms with Crippen molar-refractivity contribution >= 4 is 22.4 Å². The Morgan fingerprint density at radius 3 is 2.95 bits per heavy atom. The number of carbonyl (C=O) groups excluding carboxylic acids is 1. The van der Waals surface area contributed by atoms with Crippen molar-refractivity contribution in [2.75, 3.05) is 18.5 Å². The molecule has 1 heterocycles. The molecule has 1 aromatic rings. The predicted molar refractivity (Wildman–Crippen MR) is 77.5 cm³/mol. The van der Waals surface area contributed by atoms with Crippen LogP contribution in [-0.4, -0.2) is 24.1 Å². The number of hydrogen-bond donors (Lipinski definition) is 1. The fraction of sp³-hybridized carbons (Fsp3) is 0.714. The molecule has 1 saturated carbocycles. The Morgan fingerprint density at radius 1 is 1.53 bits per heavy atom. The molecule has 19 heavy (non-hydrogen) atoms. The molecular formula is C14H22N2O2S. The summed E-state index contributed by atoms with van der Waals surface area (Å²) in [5.41, 5.74) is 1.20. The molecule has 0 amide bonds. The lowest BCUT2D eigenvalue weighted by Gasteiger charge is -2.23. The Balaban J connectivity index is 1.82. The van der Waals surface area contributed by atoms with Crippen LogP contribution in [0.4, 0.5) is 5.13 Å². The summed E-state index contributed by atoms with van der Waals surface area (Å²) in [6.07, 6.45) is 5.53. The lowest BCUT2D eigenvalue weighted by atomic mass is 9.89. The monoisotopic (exact) mass is 282 g/mol. The van der Waals surface area contributed by atoms with E-state index in [0.717, 1.165) is 17.4 Å². The molecule has 0 aromatic carbocycles. The van der Waals surface area contributed by atoms with Crippen molar-refractivity contribution in [1.29, 1.82) is 0 Å². The fourth-order valence-corrected chi connectivity index (χ4v) is 3.23. The second-order valence-electron chi connectivity index (χ2n) is 5.50. The van der Waals surface area contributed by atoms with Crippen LogP contribution < -0.4 is 5.32 Å². The molecule has 106 valence electrons. The van der Waals surface area contributed by atoms with E-state index in [0.29, 0.717) is 12.0 Å². The fourth-order valence-electron chi connectivity index (χ4n) is 2.52. The van der Waals surface area contributed by atoms with Gasteiger partial charge in [0.05, 0.1) is 18.7 Å². The summed E-state index contributed by atoms with van der Waals surface area (Å²) in [4.78, 5) is 15.8. The van der Waals surface area contributed by atoms with E-state index in [2.05, 4.69) is 17.2 Å². The highest BCUT2D eigenvalue weighted by Gasteiger charge is 2.28. The Hall–Kier alpha value is -1.10. The zero-order valence-electron chi connectivity index (χ0n) is 11.7. The first-order chi connectivity index (χ1) is 9.11. The zero-order chi connectivity index (χ0) is 13.7. The number of thiazole rings is 1. The second-order valence-corrected chi connectivity index (χ2v) is 6.36. The van der Waals surface area contributed by atoms with Crippen molar-refractivity contribution in [1.82, 2.24) is 4.98 Å². The van der Waals surface area contributed by atoms with Gasteiger partial charge in [-0.25, -0.2) is 4.98 Å². The number of nitrogens with zero attached hydrogens (tertiary/aromatic N) is 1. The number of rotatable bonds is 6. The van der Waals surface area contributed by atoms with Crippen molar-refractivity contribution in [3.8, 4) is 0 Å². The van der Waals surface area contributed by atoms with Gasteiger partial charge in [0.2, 0.25) is 0 Å². The first kappa shape index (κ1) is 14.3. The Labute approximate surface area is 118 Å². The van der Waals surface area contributed by atoms with E-state index in [4.69, 9.17) is 4.74 Å². The molecule has 0 bridgehead atoms. The van der Waals surface area contributed by atoms with Crippen LogP contribution >= 0.6 is 11.3 Å². The molecule has 0 unspecified atom stereocenters. The molecule has 4 nitrogen and oxygen atoms in total. The lowest BCUT2D eigenvalue weighted by molar-refractivity contribution is -0.142. The van der Waals surface area contributed by atoms with E-state index in [1.807, 2.05) is 12.3 Å². The first-order valence-electron chi connectivity index (χ1n) is 6.95. The summed E-state index contributed by atoms with van der Waals surface area (Å²) < 4.78 is 4.92. The van der Waals surface area contributed by atoms with E-state index in [-0.39, 0.29) is 12.4 Å². The largest absolute Gasteiger partial charge is 0.466 e. The summed E-state index contributed by atoms with van der Waals surface area (Å²) in [7, 11) is 0. The van der Waals surface area contributed by atoms with Gasteiger partial charge in [0.15, 0.2) is 5.13 Å². The van der Waals surface area contributed by atoms with Crippen LogP contribution in [0.1, 0.15) is 45.2 Å². The van der Waals surface area contributed by atoms with Gasteiger partial charge in [-0.3, -0.25) is 4.79 Å². The summed E-state index contributed by atoms with van der Waals surface area (Å²) in [6, 6.07) is 0. The number of hydrogen-bond acceptors (Lipinski definition) is 5. The average Bonchev–Trinajstić information content (AvgIpc) is 2.97. The number of aromatic nitrogens is 1. The maximum Gasteiger partial charge on any atom is 0.311 e. The summed E-state index contributed by atoms with van der Waals surface area (Å²) >= 11 is 1.56. The molecule has 1 aliphatic rings. The van der Waals surface area contributed by atoms with Crippen LogP contribution in [0.15, 0.2) is 5.38 Å². The van der Waals surface area contributed by atoms with Gasteiger partial charge < -0.3 is 10.1 Å². The van der Waals surface area contributed by atoms with Gasteiger partial charge in [0.25, 0.3) is 0 Å². The normalized spacial score (nSPS) is 17.4. The molecule has 1 aromatic heterocycles. The van der Waals surface area contributed by atoms with Crippen LogP contribution in [0.2, 0.25) is 0 Å². The molecule has 1 N–H and O–H groups in total. The SMILES string of the molecule is CCOC(=O)Cc1csc(NCC2(C)CCCC2)n1. The van der Waals surface area contributed by atoms with E-state index < -0.39 is 0 Å². The molecule has 2 rings (SSSR count). The van der Waals surface area contributed by atoms with Crippen molar-refractivity contribution in [2.45, 2.75) is 46.0 Å². The molecule has 5 heteroatoms. The summed E-state index contributed by atoms with van der Waals surface area (Å²) in [5.74, 6) is -0.206. The molecule has 1 fully saturated rings. The maximum atomic E-state index is 11.4. The van der Waals surface area contributed by atoms with Gasteiger partial charge in [-0.15, -0.1) is 11.3 Å². The average molecular weight is 282 g/mol. The van der Waals surface area contributed by atoms with Crippen molar-refractivity contribution < 1.29 is 9.53 Å². The molecule has 0 aliphatic heterocycles. The molecule has 1 aliphatic carbocycles. The van der Waals surface area contributed by atoms with Gasteiger partial charge >= 0.3 is 5.97 Å². The number of carbonyl (C=O) groups is 1. The molecule has 0 radical (unpaired) electrons. The quantitative estimate of drug-likeness (QED) is 0.814. The topological polar surface area (TPSA) is 51.2 Å². The van der Waals surface area contributed by atoms with Crippen molar-refractivity contribution in [2.24, 2.45) is 5.41 Å². The third-order valence-electron chi connectivity index (χ3n) is 3.66. The Bertz CT molecular complexity index is 425. The minimum atomic E-state index is -0.206. The van der Waals surface area contributed by atoms with E-state index in [9.17, 15) is 4.79 Å². The highest BCUT2D eigenvalue weighted by molar-refractivity contribution is 7.13.